The maximum Gasteiger partial charge on any atom is 0.242 e. The smallest absolute Gasteiger partial charge is 0.242 e. The van der Waals surface area contributed by atoms with Crippen LogP contribution in [0.4, 0.5) is 0 Å². The highest BCUT2D eigenvalue weighted by atomic mass is 79.9. The molecule has 2 N–H and O–H groups in total. The van der Waals surface area contributed by atoms with Crippen LogP contribution in [0.1, 0.15) is 6.92 Å². The Balaban J connectivity index is 2.89. The number of nitrogens with one attached hydrogen (secondary N) is 2. The number of benzene rings is 1. The summed E-state index contributed by atoms with van der Waals surface area (Å²) in [4.78, 5) is -0.0196. The number of hydrogen-bond donors (Lipinski definition) is 2. The van der Waals surface area contributed by atoms with Crippen molar-refractivity contribution in [2.75, 3.05) is 19.6 Å². The van der Waals surface area contributed by atoms with E-state index in [9.17, 15) is 8.42 Å². The molecule has 0 atom stereocenters. The first-order valence-corrected chi connectivity index (χ1v) is 8.27. The van der Waals surface area contributed by atoms with Gasteiger partial charge < -0.3 is 5.32 Å². The van der Waals surface area contributed by atoms with Gasteiger partial charge in [0.25, 0.3) is 0 Å². The molecule has 0 aromatic heterocycles. The molecule has 0 fully saturated rings. The van der Waals surface area contributed by atoms with Crippen LogP contribution in [0.3, 0.4) is 0 Å². The van der Waals surface area contributed by atoms with Crippen molar-refractivity contribution in [2.45, 2.75) is 11.8 Å². The second-order valence-electron chi connectivity index (χ2n) is 3.42. The van der Waals surface area contributed by atoms with Crippen molar-refractivity contribution < 1.29 is 8.42 Å². The summed E-state index contributed by atoms with van der Waals surface area (Å²) >= 11 is 15.0. The lowest BCUT2D eigenvalue weighted by molar-refractivity contribution is 0.577. The van der Waals surface area contributed by atoms with Crippen molar-refractivity contribution in [3.8, 4) is 0 Å². The molecule has 0 aliphatic heterocycles. The molecular formula is C10H13BrCl2N2O2S. The summed E-state index contributed by atoms with van der Waals surface area (Å²) < 4.78 is 27.0. The minimum absolute atomic E-state index is 0.0157. The van der Waals surface area contributed by atoms with E-state index in [-0.39, 0.29) is 14.9 Å². The first kappa shape index (κ1) is 16.2. The third kappa shape index (κ3) is 4.08. The molecule has 0 unspecified atom stereocenters. The molecule has 0 saturated carbocycles. The molecule has 0 radical (unpaired) electrons. The summed E-state index contributed by atoms with van der Waals surface area (Å²) in [5.74, 6) is 0. The lowest BCUT2D eigenvalue weighted by atomic mass is 10.4. The second kappa shape index (κ2) is 7.07. The number of likely N-dealkylation sites (N-methyl/N-ethyl adjacent to an activating group) is 1. The zero-order valence-corrected chi connectivity index (χ0v) is 13.5. The van der Waals surface area contributed by atoms with Crippen molar-refractivity contribution in [2.24, 2.45) is 0 Å². The predicted octanol–water partition coefficient (Wildman–Crippen LogP) is 2.64. The maximum atomic E-state index is 12.0. The van der Waals surface area contributed by atoms with E-state index >= 15 is 0 Å². The van der Waals surface area contributed by atoms with E-state index in [4.69, 9.17) is 23.2 Å². The highest BCUT2D eigenvalue weighted by molar-refractivity contribution is 9.10. The Kier molecular flexibility index (Phi) is 6.37. The van der Waals surface area contributed by atoms with E-state index in [0.717, 1.165) is 6.54 Å². The van der Waals surface area contributed by atoms with Gasteiger partial charge in [0.05, 0.1) is 10.0 Å². The molecule has 102 valence electrons. The summed E-state index contributed by atoms with van der Waals surface area (Å²) in [5.41, 5.74) is 0. The first-order valence-electron chi connectivity index (χ1n) is 5.24. The van der Waals surface area contributed by atoms with Gasteiger partial charge in [0, 0.05) is 17.6 Å². The number of hydrogen-bond acceptors (Lipinski definition) is 3. The zero-order valence-electron chi connectivity index (χ0n) is 9.63. The fourth-order valence-electron chi connectivity index (χ4n) is 1.24. The van der Waals surface area contributed by atoms with Crippen molar-refractivity contribution in [3.05, 3.63) is 26.7 Å². The highest BCUT2D eigenvalue weighted by Gasteiger charge is 2.20. The summed E-state index contributed by atoms with van der Waals surface area (Å²) in [7, 11) is -3.64. The fraction of sp³-hybridized carbons (Fsp3) is 0.400. The van der Waals surface area contributed by atoms with E-state index < -0.39 is 10.0 Å². The molecule has 1 aromatic carbocycles. The van der Waals surface area contributed by atoms with E-state index in [2.05, 4.69) is 26.0 Å². The third-order valence-corrected chi connectivity index (χ3v) is 5.52. The van der Waals surface area contributed by atoms with Crippen molar-refractivity contribution in [1.82, 2.24) is 10.0 Å². The van der Waals surface area contributed by atoms with E-state index in [1.54, 1.807) is 6.07 Å². The van der Waals surface area contributed by atoms with Crippen molar-refractivity contribution in [1.29, 1.82) is 0 Å². The third-order valence-electron chi connectivity index (χ3n) is 2.13. The molecule has 0 heterocycles. The van der Waals surface area contributed by atoms with Crippen LogP contribution in [0.25, 0.3) is 0 Å². The van der Waals surface area contributed by atoms with Gasteiger partial charge in [-0.3, -0.25) is 0 Å². The Bertz CT molecular complexity index is 523. The molecule has 1 aromatic rings. The van der Waals surface area contributed by atoms with Crippen molar-refractivity contribution >= 4 is 49.2 Å². The monoisotopic (exact) mass is 374 g/mol. The predicted molar refractivity (Wildman–Crippen MR) is 77.9 cm³/mol. The van der Waals surface area contributed by atoms with Gasteiger partial charge in [0.2, 0.25) is 10.0 Å². The van der Waals surface area contributed by atoms with Gasteiger partial charge in [-0.15, -0.1) is 0 Å². The minimum atomic E-state index is -3.64. The van der Waals surface area contributed by atoms with Crippen LogP contribution in [0.2, 0.25) is 10.0 Å². The molecule has 0 spiro atoms. The van der Waals surface area contributed by atoms with Crippen LogP contribution in [-0.4, -0.2) is 28.1 Å². The summed E-state index contributed by atoms with van der Waals surface area (Å²) in [5, 5.41) is 3.22. The second-order valence-corrected chi connectivity index (χ2v) is 6.77. The molecule has 8 heteroatoms. The lowest BCUT2D eigenvalue weighted by Gasteiger charge is -2.10. The topological polar surface area (TPSA) is 58.2 Å². The average Bonchev–Trinajstić information content (AvgIpc) is 2.31. The molecule has 0 amide bonds. The Morgan fingerprint density at radius 1 is 1.22 bits per heavy atom. The SMILES string of the molecule is CCNCCNS(=O)(=O)c1ccc(Br)c(Cl)c1Cl. The summed E-state index contributed by atoms with van der Waals surface area (Å²) in [6, 6.07) is 2.96. The normalized spacial score (nSPS) is 11.8. The molecular weight excluding hydrogens is 363 g/mol. The fourth-order valence-corrected chi connectivity index (χ4v) is 3.49. The Labute approximate surface area is 125 Å². The van der Waals surface area contributed by atoms with Crippen molar-refractivity contribution in [3.63, 3.8) is 0 Å². The molecule has 0 aliphatic rings. The van der Waals surface area contributed by atoms with Crippen LogP contribution in [-0.2, 0) is 10.0 Å². The zero-order chi connectivity index (χ0) is 13.8. The average molecular weight is 376 g/mol. The van der Waals surface area contributed by atoms with Crippen LogP contribution in [0.5, 0.6) is 0 Å². The Morgan fingerprint density at radius 3 is 2.50 bits per heavy atom. The van der Waals surface area contributed by atoms with Crippen LogP contribution >= 0.6 is 39.1 Å². The van der Waals surface area contributed by atoms with Gasteiger partial charge in [-0.05, 0) is 34.6 Å². The van der Waals surface area contributed by atoms with Crippen LogP contribution in [0.15, 0.2) is 21.5 Å². The quantitative estimate of drug-likeness (QED) is 0.593. The summed E-state index contributed by atoms with van der Waals surface area (Å²) in [6.45, 7) is 3.57. The minimum Gasteiger partial charge on any atom is -0.316 e. The molecule has 18 heavy (non-hydrogen) atoms. The van der Waals surface area contributed by atoms with E-state index in [0.29, 0.717) is 17.6 Å². The first-order chi connectivity index (χ1) is 8.40. The largest absolute Gasteiger partial charge is 0.316 e. The van der Waals surface area contributed by atoms with E-state index in [1.807, 2.05) is 6.92 Å². The van der Waals surface area contributed by atoms with Gasteiger partial charge in [-0.2, -0.15) is 0 Å². The van der Waals surface area contributed by atoms with Crippen LogP contribution < -0.4 is 10.0 Å². The van der Waals surface area contributed by atoms with Gasteiger partial charge in [0.1, 0.15) is 4.90 Å². The van der Waals surface area contributed by atoms with Gasteiger partial charge in [0.15, 0.2) is 0 Å². The molecule has 0 bridgehead atoms. The molecule has 4 nitrogen and oxygen atoms in total. The van der Waals surface area contributed by atoms with E-state index in [1.165, 1.54) is 6.07 Å². The highest BCUT2D eigenvalue weighted by Crippen LogP contribution is 2.34. The Hall–Kier alpha value is 0.150. The maximum absolute atomic E-state index is 12.0. The Morgan fingerprint density at radius 2 is 1.89 bits per heavy atom. The number of sulfonamides is 1. The van der Waals surface area contributed by atoms with Gasteiger partial charge >= 0.3 is 0 Å². The molecule has 1 rings (SSSR count). The summed E-state index contributed by atoms with van der Waals surface area (Å²) in [6.07, 6.45) is 0. The van der Waals surface area contributed by atoms with Gasteiger partial charge in [-0.25, -0.2) is 13.1 Å². The molecule has 0 saturated heterocycles. The molecule has 0 aliphatic carbocycles. The van der Waals surface area contributed by atoms with Gasteiger partial charge in [-0.1, -0.05) is 30.1 Å². The standard InChI is InChI=1S/C10H13BrCl2N2O2S/c1-2-14-5-6-15-18(16,17)8-4-3-7(11)9(12)10(8)13/h3-4,14-15H,2,5-6H2,1H3. The van der Waals surface area contributed by atoms with Crippen LogP contribution in [0, 0.1) is 0 Å². The number of rotatable bonds is 6. The lowest BCUT2D eigenvalue weighted by Crippen LogP contribution is -2.31. The number of halogens is 3.